The summed E-state index contributed by atoms with van der Waals surface area (Å²) in [5, 5.41) is 11.9. The topological polar surface area (TPSA) is 134 Å². The van der Waals surface area contributed by atoms with E-state index in [1.807, 2.05) is 27.7 Å². The molecule has 0 spiro atoms. The molecule has 0 bridgehead atoms. The minimum atomic E-state index is -1.15. The Balaban J connectivity index is 2.71. The Kier molecular flexibility index (Phi) is 6.37. The van der Waals surface area contributed by atoms with E-state index in [-0.39, 0.29) is 41.4 Å². The zero-order valence-corrected chi connectivity index (χ0v) is 16.7. The lowest BCUT2D eigenvalue weighted by molar-refractivity contribution is -0.139. The number of carbonyl (C=O) groups is 2. The molecule has 0 radical (unpaired) electrons. The van der Waals surface area contributed by atoms with E-state index in [9.17, 15) is 24.3 Å². The summed E-state index contributed by atoms with van der Waals surface area (Å²) in [5.74, 6) is -1.85. The van der Waals surface area contributed by atoms with Crippen LogP contribution in [0.2, 0.25) is 0 Å². The number of aromatic nitrogens is 3. The zero-order valence-electron chi connectivity index (χ0n) is 16.7. The highest BCUT2D eigenvalue weighted by molar-refractivity contribution is 6.06. The van der Waals surface area contributed by atoms with Crippen LogP contribution in [0.1, 0.15) is 63.0 Å². The SMILES string of the molecule is CCn1c(=O)[nH]c(=O)c2c(C(=O)N[C@H](CC(C)C)C(=O)O)cc(C(C)C)nc21. The molecule has 2 heterocycles. The fourth-order valence-electron chi connectivity index (χ4n) is 2.99. The summed E-state index contributed by atoms with van der Waals surface area (Å²) in [6, 6.07) is 0.394. The average Bonchev–Trinajstić information content (AvgIpc) is 2.59. The third-order valence-corrected chi connectivity index (χ3v) is 4.43. The monoisotopic (exact) mass is 390 g/mol. The van der Waals surface area contributed by atoms with E-state index in [1.165, 1.54) is 10.6 Å². The van der Waals surface area contributed by atoms with Crippen molar-refractivity contribution in [3.8, 4) is 0 Å². The highest BCUT2D eigenvalue weighted by atomic mass is 16.4. The van der Waals surface area contributed by atoms with Crippen molar-refractivity contribution in [1.29, 1.82) is 0 Å². The number of hydrogen-bond donors (Lipinski definition) is 3. The number of aryl methyl sites for hydroxylation is 1. The fourth-order valence-corrected chi connectivity index (χ4v) is 2.99. The van der Waals surface area contributed by atoms with E-state index in [2.05, 4.69) is 15.3 Å². The second kappa shape index (κ2) is 8.37. The van der Waals surface area contributed by atoms with Gasteiger partial charge < -0.3 is 10.4 Å². The fraction of sp³-hybridized carbons (Fsp3) is 0.526. The first-order chi connectivity index (χ1) is 13.1. The van der Waals surface area contributed by atoms with Gasteiger partial charge in [0.05, 0.1) is 10.9 Å². The van der Waals surface area contributed by atoms with Crippen LogP contribution in [0.15, 0.2) is 15.7 Å². The van der Waals surface area contributed by atoms with Gasteiger partial charge in [-0.1, -0.05) is 27.7 Å². The average molecular weight is 390 g/mol. The van der Waals surface area contributed by atoms with Crippen molar-refractivity contribution in [2.75, 3.05) is 0 Å². The number of rotatable bonds is 7. The number of aromatic amines is 1. The van der Waals surface area contributed by atoms with Crippen LogP contribution in [0.5, 0.6) is 0 Å². The minimum Gasteiger partial charge on any atom is -0.480 e. The third kappa shape index (κ3) is 4.29. The number of hydrogen-bond acceptors (Lipinski definition) is 5. The van der Waals surface area contributed by atoms with E-state index in [0.717, 1.165) is 0 Å². The summed E-state index contributed by atoms with van der Waals surface area (Å²) in [6.07, 6.45) is 0.247. The summed E-state index contributed by atoms with van der Waals surface area (Å²) in [5.41, 5.74) is -0.688. The first-order valence-electron chi connectivity index (χ1n) is 9.28. The quantitative estimate of drug-likeness (QED) is 0.655. The standard InChI is InChI=1S/C19H26N4O5/c1-6-23-15-14(17(25)22-19(23)28)11(8-12(20-15)10(4)5)16(24)21-13(18(26)27)7-9(2)3/h8-10,13H,6-7H2,1-5H3,(H,21,24)(H,26,27)(H,22,25,28)/t13-/m1/s1. The third-order valence-electron chi connectivity index (χ3n) is 4.43. The van der Waals surface area contributed by atoms with Crippen LogP contribution in [-0.4, -0.2) is 37.6 Å². The number of nitrogens with one attached hydrogen (secondary N) is 2. The molecule has 0 aromatic carbocycles. The Hall–Kier alpha value is -2.97. The van der Waals surface area contributed by atoms with Crippen molar-refractivity contribution in [2.45, 2.75) is 59.5 Å². The van der Waals surface area contributed by atoms with Gasteiger partial charge in [0.25, 0.3) is 11.5 Å². The molecule has 2 aromatic rings. The number of H-pyrrole nitrogens is 1. The molecule has 0 aliphatic heterocycles. The Bertz CT molecular complexity index is 1020. The highest BCUT2D eigenvalue weighted by Crippen LogP contribution is 2.20. The van der Waals surface area contributed by atoms with Crippen LogP contribution in [0.4, 0.5) is 0 Å². The van der Waals surface area contributed by atoms with Crippen LogP contribution in [0.25, 0.3) is 11.0 Å². The van der Waals surface area contributed by atoms with Gasteiger partial charge in [-0.15, -0.1) is 0 Å². The van der Waals surface area contributed by atoms with Crippen molar-refractivity contribution in [3.05, 3.63) is 38.2 Å². The van der Waals surface area contributed by atoms with E-state index in [0.29, 0.717) is 5.69 Å². The molecule has 1 atom stereocenters. The van der Waals surface area contributed by atoms with Crippen LogP contribution in [0, 0.1) is 5.92 Å². The largest absolute Gasteiger partial charge is 0.480 e. The normalized spacial score (nSPS) is 12.5. The van der Waals surface area contributed by atoms with Crippen LogP contribution in [0.3, 0.4) is 0 Å². The van der Waals surface area contributed by atoms with Crippen molar-refractivity contribution in [2.24, 2.45) is 5.92 Å². The number of pyridine rings is 1. The van der Waals surface area contributed by atoms with E-state index in [4.69, 9.17) is 0 Å². The van der Waals surface area contributed by atoms with Crippen molar-refractivity contribution < 1.29 is 14.7 Å². The Morgan fingerprint density at radius 2 is 1.89 bits per heavy atom. The maximum atomic E-state index is 12.9. The Morgan fingerprint density at radius 1 is 1.25 bits per heavy atom. The molecule has 0 saturated carbocycles. The molecule has 152 valence electrons. The lowest BCUT2D eigenvalue weighted by Crippen LogP contribution is -2.42. The van der Waals surface area contributed by atoms with Crippen LogP contribution >= 0.6 is 0 Å². The van der Waals surface area contributed by atoms with Gasteiger partial charge in [0, 0.05) is 12.2 Å². The van der Waals surface area contributed by atoms with Gasteiger partial charge in [-0.2, -0.15) is 0 Å². The maximum Gasteiger partial charge on any atom is 0.329 e. The number of amides is 1. The number of carboxylic acid groups (broad SMARTS) is 1. The molecule has 0 aliphatic carbocycles. The predicted octanol–water partition coefficient (Wildman–Crippen LogP) is 1.46. The van der Waals surface area contributed by atoms with Crippen molar-refractivity contribution in [3.63, 3.8) is 0 Å². The van der Waals surface area contributed by atoms with E-state index in [1.54, 1.807) is 6.92 Å². The zero-order chi connectivity index (χ0) is 21.2. The summed E-state index contributed by atoms with van der Waals surface area (Å²) in [4.78, 5) is 55.6. The molecule has 0 aliphatic rings. The molecular formula is C19H26N4O5. The lowest BCUT2D eigenvalue weighted by atomic mass is 10.0. The summed E-state index contributed by atoms with van der Waals surface area (Å²) in [6.45, 7) is 9.43. The molecule has 0 unspecified atom stereocenters. The summed E-state index contributed by atoms with van der Waals surface area (Å²) in [7, 11) is 0. The molecule has 2 rings (SSSR count). The maximum absolute atomic E-state index is 12.9. The van der Waals surface area contributed by atoms with Crippen LogP contribution < -0.4 is 16.6 Å². The van der Waals surface area contributed by atoms with Gasteiger partial charge in [0.2, 0.25) is 0 Å². The van der Waals surface area contributed by atoms with E-state index >= 15 is 0 Å². The number of carboxylic acids is 1. The molecule has 0 saturated heterocycles. The molecule has 1 amide bonds. The molecule has 28 heavy (non-hydrogen) atoms. The second-order valence-electron chi connectivity index (χ2n) is 7.45. The van der Waals surface area contributed by atoms with Gasteiger partial charge in [-0.3, -0.25) is 19.1 Å². The highest BCUT2D eigenvalue weighted by Gasteiger charge is 2.25. The first kappa shape index (κ1) is 21.3. The van der Waals surface area contributed by atoms with Gasteiger partial charge >= 0.3 is 11.7 Å². The van der Waals surface area contributed by atoms with Gasteiger partial charge in [0.1, 0.15) is 6.04 Å². The van der Waals surface area contributed by atoms with Gasteiger partial charge in [-0.25, -0.2) is 14.6 Å². The number of aliphatic carboxylic acids is 1. The lowest BCUT2D eigenvalue weighted by Gasteiger charge is -2.18. The van der Waals surface area contributed by atoms with Crippen molar-refractivity contribution >= 4 is 22.9 Å². The van der Waals surface area contributed by atoms with Gasteiger partial charge in [-0.05, 0) is 31.2 Å². The Labute approximate surface area is 161 Å². The van der Waals surface area contributed by atoms with E-state index < -0.39 is 29.2 Å². The number of fused-ring (bicyclic) bond motifs is 1. The number of nitrogens with zero attached hydrogens (tertiary/aromatic N) is 2. The van der Waals surface area contributed by atoms with Crippen LogP contribution in [-0.2, 0) is 11.3 Å². The molecule has 9 nitrogen and oxygen atoms in total. The molecule has 9 heteroatoms. The van der Waals surface area contributed by atoms with Crippen molar-refractivity contribution in [1.82, 2.24) is 19.9 Å². The smallest absolute Gasteiger partial charge is 0.329 e. The first-order valence-corrected chi connectivity index (χ1v) is 9.28. The molecular weight excluding hydrogens is 364 g/mol. The molecule has 2 aromatic heterocycles. The molecule has 3 N–H and O–H groups in total. The Morgan fingerprint density at radius 3 is 2.39 bits per heavy atom. The molecule has 0 fully saturated rings. The predicted molar refractivity (Wildman–Crippen MR) is 105 cm³/mol. The summed E-state index contributed by atoms with van der Waals surface area (Å²) < 4.78 is 1.28. The van der Waals surface area contributed by atoms with Gasteiger partial charge in [0.15, 0.2) is 5.65 Å². The summed E-state index contributed by atoms with van der Waals surface area (Å²) >= 11 is 0. The minimum absolute atomic E-state index is 0.00663. The second-order valence-corrected chi connectivity index (χ2v) is 7.45. The number of carbonyl (C=O) groups excluding carboxylic acids is 1.